The van der Waals surface area contributed by atoms with Crippen molar-refractivity contribution in [3.63, 3.8) is 0 Å². The van der Waals surface area contributed by atoms with Gasteiger partial charge in [0.05, 0.1) is 12.5 Å². The van der Waals surface area contributed by atoms with Gasteiger partial charge in [0.2, 0.25) is 5.72 Å². The molecule has 0 N–H and O–H groups in total. The van der Waals surface area contributed by atoms with E-state index in [2.05, 4.69) is 48.2 Å². The molecule has 1 atom stereocenters. The van der Waals surface area contributed by atoms with Crippen molar-refractivity contribution in [2.45, 2.75) is 25.0 Å². The van der Waals surface area contributed by atoms with Gasteiger partial charge in [-0.15, -0.1) is 4.91 Å². The molecule has 5 heteroatoms. The van der Waals surface area contributed by atoms with Gasteiger partial charge >= 0.3 is 0 Å². The Balaban J connectivity index is 1.96. The summed E-state index contributed by atoms with van der Waals surface area (Å²) >= 11 is 0. The summed E-state index contributed by atoms with van der Waals surface area (Å²) in [6.07, 6.45) is 7.91. The molecule has 1 unspecified atom stereocenters. The van der Waals surface area contributed by atoms with Crippen LogP contribution in [0.2, 0.25) is 0 Å². The number of para-hydroxylation sites is 1. The number of hydrogen-bond acceptors (Lipinski definition) is 5. The third kappa shape index (κ3) is 2.31. The van der Waals surface area contributed by atoms with E-state index in [9.17, 15) is 4.91 Å². The number of allylic oxidation sites excluding steroid dienone is 2. The van der Waals surface area contributed by atoms with E-state index >= 15 is 0 Å². The summed E-state index contributed by atoms with van der Waals surface area (Å²) < 4.78 is 12.3. The molecule has 4 rings (SSSR count). The number of methoxy groups -OCH3 is 1. The van der Waals surface area contributed by atoms with E-state index in [4.69, 9.17) is 9.47 Å². The lowest BCUT2D eigenvalue weighted by atomic mass is 9.77. The fourth-order valence-electron chi connectivity index (χ4n) is 4.18. The van der Waals surface area contributed by atoms with Crippen molar-refractivity contribution in [2.75, 3.05) is 19.1 Å². The smallest absolute Gasteiger partial charge is 0.212 e. The minimum absolute atomic E-state index is 0.305. The second-order valence-corrected chi connectivity index (χ2v) is 7.38. The Morgan fingerprint density at radius 1 is 1.15 bits per heavy atom. The number of nitroso groups, excluding NO2 is 1. The van der Waals surface area contributed by atoms with Crippen LogP contribution in [-0.4, -0.2) is 19.9 Å². The topological polar surface area (TPSA) is 51.1 Å². The molecule has 0 fully saturated rings. The van der Waals surface area contributed by atoms with Crippen LogP contribution in [0.5, 0.6) is 11.5 Å². The fourth-order valence-corrected chi connectivity index (χ4v) is 4.18. The van der Waals surface area contributed by atoms with E-state index in [-0.39, 0.29) is 5.41 Å². The predicted octanol–water partition coefficient (Wildman–Crippen LogP) is 5.18. The SMILES string of the molecule is COc1cc(N=O)cc2c1OC1(/C=C\C=C2)N(C)c2ccccc2C1(C)C. The van der Waals surface area contributed by atoms with Crippen LogP contribution in [0.15, 0.2) is 59.8 Å². The maximum Gasteiger partial charge on any atom is 0.212 e. The minimum Gasteiger partial charge on any atom is -0.493 e. The summed E-state index contributed by atoms with van der Waals surface area (Å²) in [4.78, 5) is 13.2. The monoisotopic (exact) mass is 362 g/mol. The fraction of sp³-hybridized carbons (Fsp3) is 0.273. The zero-order chi connectivity index (χ0) is 19.2. The van der Waals surface area contributed by atoms with Crippen LogP contribution in [0.4, 0.5) is 11.4 Å². The highest BCUT2D eigenvalue weighted by atomic mass is 16.5. The number of nitrogens with zero attached hydrogens (tertiary/aromatic N) is 2. The zero-order valence-corrected chi connectivity index (χ0v) is 15.9. The Kier molecular flexibility index (Phi) is 3.84. The Labute approximate surface area is 158 Å². The molecule has 138 valence electrons. The second kappa shape index (κ2) is 5.98. The predicted molar refractivity (Wildman–Crippen MR) is 108 cm³/mol. The van der Waals surface area contributed by atoms with Gasteiger partial charge in [0.15, 0.2) is 11.5 Å². The molecular formula is C22H22N2O3. The van der Waals surface area contributed by atoms with Crippen LogP contribution in [0, 0.1) is 4.91 Å². The Morgan fingerprint density at radius 3 is 2.63 bits per heavy atom. The molecule has 0 bridgehead atoms. The van der Waals surface area contributed by atoms with E-state index in [1.165, 1.54) is 5.56 Å². The number of ether oxygens (including phenoxy) is 2. The van der Waals surface area contributed by atoms with Crippen molar-refractivity contribution >= 4 is 17.5 Å². The molecule has 2 aromatic carbocycles. The highest BCUT2D eigenvalue weighted by molar-refractivity contribution is 5.72. The Bertz CT molecular complexity index is 978. The van der Waals surface area contributed by atoms with Gasteiger partial charge in [-0.3, -0.25) is 0 Å². The number of likely N-dealkylation sites (N-methyl/N-ethyl adjacent to an activating group) is 1. The first-order valence-electron chi connectivity index (χ1n) is 8.88. The van der Waals surface area contributed by atoms with E-state index in [1.807, 2.05) is 31.3 Å². The first kappa shape index (κ1) is 17.3. The third-order valence-corrected chi connectivity index (χ3v) is 5.69. The van der Waals surface area contributed by atoms with Crippen LogP contribution in [-0.2, 0) is 5.41 Å². The zero-order valence-electron chi connectivity index (χ0n) is 15.9. The molecule has 2 aliphatic heterocycles. The molecule has 27 heavy (non-hydrogen) atoms. The van der Waals surface area contributed by atoms with Gasteiger partial charge in [-0.1, -0.05) is 36.4 Å². The summed E-state index contributed by atoms with van der Waals surface area (Å²) in [7, 11) is 3.60. The molecule has 0 amide bonds. The molecule has 2 heterocycles. The molecule has 2 aromatic rings. The van der Waals surface area contributed by atoms with Gasteiger partial charge in [-0.25, -0.2) is 0 Å². The number of fused-ring (bicyclic) bond motifs is 2. The Hall–Kier alpha value is -3.08. The summed E-state index contributed by atoms with van der Waals surface area (Å²) in [6, 6.07) is 11.7. The first-order valence-corrected chi connectivity index (χ1v) is 8.88. The van der Waals surface area contributed by atoms with Crippen LogP contribution in [0.3, 0.4) is 0 Å². The van der Waals surface area contributed by atoms with Crippen LogP contribution >= 0.6 is 0 Å². The van der Waals surface area contributed by atoms with Crippen molar-refractivity contribution < 1.29 is 9.47 Å². The summed E-state index contributed by atoms with van der Waals surface area (Å²) in [5.74, 6) is 1.08. The largest absolute Gasteiger partial charge is 0.493 e. The lowest BCUT2D eigenvalue weighted by molar-refractivity contribution is 0.0570. The number of rotatable bonds is 2. The first-order chi connectivity index (χ1) is 12.9. The van der Waals surface area contributed by atoms with Gasteiger partial charge in [0.1, 0.15) is 5.69 Å². The van der Waals surface area contributed by atoms with E-state index in [0.717, 1.165) is 11.3 Å². The molecule has 0 aromatic heterocycles. The van der Waals surface area contributed by atoms with E-state index in [1.54, 1.807) is 19.2 Å². The van der Waals surface area contributed by atoms with Gasteiger partial charge in [0, 0.05) is 24.4 Å². The quantitative estimate of drug-likeness (QED) is 0.691. The van der Waals surface area contributed by atoms with E-state index < -0.39 is 5.72 Å². The standard InChI is InChI=1S/C22H22N2O3/c1-21(2)17-10-5-6-11-18(17)24(3)22(21)12-8-7-9-15-13-16(23-25)14-19(26-4)20(15)27-22/h5-14H,1-4H3/b9-7?,12-8-. The summed E-state index contributed by atoms with van der Waals surface area (Å²) in [5, 5.41) is 3.06. The molecule has 0 saturated carbocycles. The highest BCUT2D eigenvalue weighted by Crippen LogP contribution is 2.54. The van der Waals surface area contributed by atoms with E-state index in [0.29, 0.717) is 17.2 Å². The molecule has 0 aliphatic carbocycles. The van der Waals surface area contributed by atoms with Crippen LogP contribution in [0.1, 0.15) is 25.0 Å². The van der Waals surface area contributed by atoms with Crippen molar-refractivity contribution in [3.8, 4) is 11.5 Å². The normalized spacial score (nSPS) is 23.0. The molecule has 2 aliphatic rings. The van der Waals surface area contributed by atoms with Gasteiger partial charge in [0.25, 0.3) is 0 Å². The molecule has 0 radical (unpaired) electrons. The lowest BCUT2D eigenvalue weighted by Crippen LogP contribution is -2.57. The maximum absolute atomic E-state index is 11.1. The average Bonchev–Trinajstić information content (AvgIpc) is 2.83. The van der Waals surface area contributed by atoms with Crippen molar-refractivity contribution in [2.24, 2.45) is 5.18 Å². The molecule has 0 saturated heterocycles. The van der Waals surface area contributed by atoms with Crippen molar-refractivity contribution in [1.82, 2.24) is 0 Å². The highest BCUT2D eigenvalue weighted by Gasteiger charge is 2.57. The Morgan fingerprint density at radius 2 is 1.93 bits per heavy atom. The van der Waals surface area contributed by atoms with Crippen LogP contribution < -0.4 is 14.4 Å². The summed E-state index contributed by atoms with van der Waals surface area (Å²) in [6.45, 7) is 4.36. The molecule has 5 nitrogen and oxygen atoms in total. The number of benzene rings is 2. The maximum atomic E-state index is 11.1. The number of anilines is 1. The molecular weight excluding hydrogens is 340 g/mol. The summed E-state index contributed by atoms with van der Waals surface area (Å²) in [5.41, 5.74) is 2.33. The number of hydrogen-bond donors (Lipinski definition) is 0. The lowest BCUT2D eigenvalue weighted by Gasteiger charge is -2.44. The van der Waals surface area contributed by atoms with Crippen molar-refractivity contribution in [1.29, 1.82) is 0 Å². The van der Waals surface area contributed by atoms with Crippen molar-refractivity contribution in [3.05, 3.63) is 70.7 Å². The van der Waals surface area contributed by atoms with Gasteiger partial charge in [-0.05, 0) is 42.8 Å². The minimum atomic E-state index is -0.750. The van der Waals surface area contributed by atoms with Gasteiger partial charge in [-0.2, -0.15) is 0 Å². The second-order valence-electron chi connectivity index (χ2n) is 7.38. The molecule has 1 spiro atoms. The third-order valence-electron chi connectivity index (χ3n) is 5.69. The average molecular weight is 362 g/mol. The van der Waals surface area contributed by atoms with Gasteiger partial charge < -0.3 is 14.4 Å². The van der Waals surface area contributed by atoms with Crippen LogP contribution in [0.25, 0.3) is 6.08 Å².